The summed E-state index contributed by atoms with van der Waals surface area (Å²) in [6, 6.07) is 21.6. The Labute approximate surface area is 190 Å². The molecule has 0 saturated carbocycles. The van der Waals surface area contributed by atoms with Crippen molar-refractivity contribution >= 4 is 6.09 Å². The van der Waals surface area contributed by atoms with E-state index in [1.54, 1.807) is 0 Å². The second-order valence-electron chi connectivity index (χ2n) is 7.90. The Morgan fingerprint density at radius 3 is 2.33 bits per heavy atom. The molecule has 4 rings (SSSR count). The number of carbonyl (C=O) groups excluding carboxylic acids is 1. The number of aliphatic hydroxyl groups excluding tert-OH is 2. The minimum atomic E-state index is -1.36. The van der Waals surface area contributed by atoms with Crippen LogP contribution in [0, 0.1) is 17.1 Å². The second-order valence-corrected chi connectivity index (χ2v) is 7.90. The van der Waals surface area contributed by atoms with E-state index in [1.165, 1.54) is 12.1 Å². The zero-order valence-electron chi connectivity index (χ0n) is 17.7. The molecule has 3 aromatic rings. The number of carbonyl (C=O) groups is 1. The number of hydrogen-bond acceptors (Lipinski definition) is 5. The maximum absolute atomic E-state index is 13.7. The van der Waals surface area contributed by atoms with E-state index < -0.39 is 24.1 Å². The monoisotopic (exact) mass is 446 g/mol. The number of alkyl carbamates (subject to hydrolysis) is 1. The van der Waals surface area contributed by atoms with E-state index in [0.29, 0.717) is 0 Å². The van der Waals surface area contributed by atoms with E-state index >= 15 is 0 Å². The number of rotatable bonds is 7. The molecule has 0 radical (unpaired) electrons. The van der Waals surface area contributed by atoms with Crippen molar-refractivity contribution in [3.8, 4) is 17.2 Å². The van der Waals surface area contributed by atoms with Gasteiger partial charge in [-0.2, -0.15) is 5.26 Å². The fraction of sp³-hybridized carbons (Fsp3) is 0.231. The Balaban J connectivity index is 1.34. The van der Waals surface area contributed by atoms with E-state index in [9.17, 15) is 19.4 Å². The van der Waals surface area contributed by atoms with Crippen molar-refractivity contribution in [2.24, 2.45) is 0 Å². The maximum Gasteiger partial charge on any atom is 0.407 e. The molecule has 33 heavy (non-hydrogen) atoms. The van der Waals surface area contributed by atoms with Crippen molar-refractivity contribution in [3.63, 3.8) is 0 Å². The van der Waals surface area contributed by atoms with E-state index in [0.717, 1.165) is 28.3 Å². The summed E-state index contributed by atoms with van der Waals surface area (Å²) in [5.74, 6) is -0.643. The molecule has 6 nitrogen and oxygen atoms in total. The number of aliphatic hydroxyl groups is 2. The smallest absolute Gasteiger partial charge is 0.407 e. The van der Waals surface area contributed by atoms with Gasteiger partial charge in [-0.25, -0.2) is 9.18 Å². The molecule has 0 aromatic heterocycles. The highest BCUT2D eigenvalue weighted by Gasteiger charge is 2.29. The number of halogens is 1. The fourth-order valence-corrected chi connectivity index (χ4v) is 4.17. The van der Waals surface area contributed by atoms with Gasteiger partial charge in [-0.3, -0.25) is 0 Å². The van der Waals surface area contributed by atoms with Gasteiger partial charge in [0, 0.05) is 18.0 Å². The molecule has 0 spiro atoms. The molecule has 3 aromatic carbocycles. The Morgan fingerprint density at radius 1 is 1.06 bits per heavy atom. The number of amides is 1. The summed E-state index contributed by atoms with van der Waals surface area (Å²) in [6.45, 7) is -0.128. The molecule has 2 atom stereocenters. The molecular formula is C26H23FN2O4. The highest BCUT2D eigenvalue weighted by molar-refractivity contribution is 5.79. The van der Waals surface area contributed by atoms with Crippen molar-refractivity contribution in [1.29, 1.82) is 5.26 Å². The topological polar surface area (TPSA) is 103 Å². The molecule has 0 heterocycles. The van der Waals surface area contributed by atoms with Crippen LogP contribution in [0.15, 0.2) is 66.7 Å². The highest BCUT2D eigenvalue weighted by Crippen LogP contribution is 2.44. The predicted molar refractivity (Wildman–Crippen MR) is 120 cm³/mol. The molecule has 3 N–H and O–H groups in total. The number of hydrogen-bond donors (Lipinski definition) is 3. The highest BCUT2D eigenvalue weighted by atomic mass is 19.1. The third-order valence-corrected chi connectivity index (χ3v) is 5.84. The van der Waals surface area contributed by atoms with Crippen molar-refractivity contribution in [2.45, 2.75) is 24.5 Å². The fourth-order valence-electron chi connectivity index (χ4n) is 4.17. The van der Waals surface area contributed by atoms with Gasteiger partial charge in [-0.05, 0) is 39.9 Å². The summed E-state index contributed by atoms with van der Waals surface area (Å²) in [7, 11) is 0. The third-order valence-electron chi connectivity index (χ3n) is 5.84. The Hall–Kier alpha value is -3.73. The van der Waals surface area contributed by atoms with Crippen molar-refractivity contribution in [1.82, 2.24) is 5.32 Å². The van der Waals surface area contributed by atoms with Gasteiger partial charge in [-0.1, -0.05) is 54.6 Å². The lowest BCUT2D eigenvalue weighted by atomic mass is 9.98. The molecule has 0 bridgehead atoms. The van der Waals surface area contributed by atoms with Crippen LogP contribution >= 0.6 is 0 Å². The van der Waals surface area contributed by atoms with Gasteiger partial charge >= 0.3 is 6.09 Å². The lowest BCUT2D eigenvalue weighted by molar-refractivity contribution is 0.0185. The second kappa shape index (κ2) is 9.82. The Morgan fingerprint density at radius 2 is 1.70 bits per heavy atom. The van der Waals surface area contributed by atoms with Crippen LogP contribution in [0.1, 0.15) is 34.3 Å². The van der Waals surface area contributed by atoms with Gasteiger partial charge in [-0.15, -0.1) is 0 Å². The first kappa shape index (κ1) is 22.5. The molecule has 2 unspecified atom stereocenters. The summed E-state index contributed by atoms with van der Waals surface area (Å²) in [6.07, 6.45) is -3.57. The van der Waals surface area contributed by atoms with Gasteiger partial charge in [0.05, 0.1) is 12.5 Å². The van der Waals surface area contributed by atoms with Crippen LogP contribution in [-0.4, -0.2) is 35.6 Å². The summed E-state index contributed by atoms with van der Waals surface area (Å²) in [5, 5.41) is 31.9. The first-order valence-electron chi connectivity index (χ1n) is 10.6. The van der Waals surface area contributed by atoms with Crippen LogP contribution in [0.3, 0.4) is 0 Å². The summed E-state index contributed by atoms with van der Waals surface area (Å²) >= 11 is 0. The van der Waals surface area contributed by atoms with Gasteiger partial charge in [0.1, 0.15) is 24.6 Å². The molecular weight excluding hydrogens is 423 g/mol. The van der Waals surface area contributed by atoms with E-state index in [1.807, 2.05) is 54.6 Å². The van der Waals surface area contributed by atoms with E-state index in [2.05, 4.69) is 5.32 Å². The third kappa shape index (κ3) is 4.72. The van der Waals surface area contributed by atoms with Crippen molar-refractivity contribution < 1.29 is 24.1 Å². The van der Waals surface area contributed by atoms with Gasteiger partial charge in [0.2, 0.25) is 0 Å². The van der Waals surface area contributed by atoms with Crippen molar-refractivity contribution in [2.75, 3.05) is 13.2 Å². The molecule has 0 aliphatic heterocycles. The minimum absolute atomic E-state index is 0.0866. The zero-order chi connectivity index (χ0) is 23.4. The lowest BCUT2D eigenvalue weighted by Crippen LogP contribution is -2.36. The van der Waals surface area contributed by atoms with Crippen LogP contribution < -0.4 is 5.32 Å². The quantitative estimate of drug-likeness (QED) is 0.512. The largest absolute Gasteiger partial charge is 0.449 e. The minimum Gasteiger partial charge on any atom is -0.449 e. The molecule has 168 valence electrons. The van der Waals surface area contributed by atoms with Gasteiger partial charge in [0.15, 0.2) is 0 Å². The number of nitrogens with one attached hydrogen (secondary N) is 1. The van der Waals surface area contributed by atoms with E-state index in [4.69, 9.17) is 10.00 Å². The SMILES string of the molecule is N#CCc1cc(C(O)C(O)CNC(=O)OCC2c3ccccc3-c3ccccc32)ccc1F. The first-order valence-corrected chi connectivity index (χ1v) is 10.6. The Bertz CT molecular complexity index is 1160. The Kier molecular flexibility index (Phi) is 6.68. The number of fused-ring (bicyclic) bond motifs is 3. The summed E-state index contributed by atoms with van der Waals surface area (Å²) in [4.78, 5) is 12.3. The van der Waals surface area contributed by atoms with Crippen LogP contribution in [0.5, 0.6) is 0 Å². The van der Waals surface area contributed by atoms with Gasteiger partial charge < -0.3 is 20.3 Å². The predicted octanol–water partition coefficient (Wildman–Crippen LogP) is 3.82. The van der Waals surface area contributed by atoms with Crippen LogP contribution in [-0.2, 0) is 11.2 Å². The maximum atomic E-state index is 13.7. The molecule has 0 saturated heterocycles. The van der Waals surface area contributed by atoms with E-state index in [-0.39, 0.29) is 36.6 Å². The number of ether oxygens (including phenoxy) is 1. The molecule has 0 fully saturated rings. The average Bonchev–Trinajstić information content (AvgIpc) is 3.16. The molecule has 7 heteroatoms. The van der Waals surface area contributed by atoms with Crippen LogP contribution in [0.2, 0.25) is 0 Å². The first-order chi connectivity index (χ1) is 16.0. The van der Waals surface area contributed by atoms with Crippen molar-refractivity contribution in [3.05, 3.63) is 94.8 Å². The average molecular weight is 446 g/mol. The standard InChI is InChI=1S/C26H23FN2O4/c27-23-10-9-17(13-16(23)11-12-28)25(31)24(30)14-29-26(32)33-15-22-20-7-3-1-5-18(20)19-6-2-4-8-21(19)22/h1-10,13,22,24-25,30-31H,11,14-15H2,(H,29,32). The molecule has 1 amide bonds. The van der Waals surface area contributed by atoms with Gasteiger partial charge in [0.25, 0.3) is 0 Å². The molecule has 1 aliphatic rings. The summed E-state index contributed by atoms with van der Waals surface area (Å²) < 4.78 is 19.1. The number of nitrogens with zero attached hydrogens (tertiary/aromatic N) is 1. The normalized spacial score (nSPS) is 14.0. The number of benzene rings is 3. The molecule has 1 aliphatic carbocycles. The lowest BCUT2D eigenvalue weighted by Gasteiger charge is -2.20. The van der Waals surface area contributed by atoms with Crippen LogP contribution in [0.4, 0.5) is 9.18 Å². The number of nitriles is 1. The zero-order valence-corrected chi connectivity index (χ0v) is 17.7. The summed E-state index contributed by atoms with van der Waals surface area (Å²) in [5.41, 5.74) is 4.80. The van der Waals surface area contributed by atoms with Crippen LogP contribution in [0.25, 0.3) is 11.1 Å².